The van der Waals surface area contributed by atoms with Gasteiger partial charge in [0, 0.05) is 30.5 Å². The summed E-state index contributed by atoms with van der Waals surface area (Å²) in [4.78, 5) is 14.4. The number of ether oxygens (including phenoxy) is 1. The molecule has 0 aliphatic carbocycles. The topological polar surface area (TPSA) is 34.5 Å². The third-order valence-electron chi connectivity index (χ3n) is 3.53. The summed E-state index contributed by atoms with van der Waals surface area (Å²) in [5, 5.41) is 0. The highest BCUT2D eigenvalue weighted by Crippen LogP contribution is 2.21. The van der Waals surface area contributed by atoms with Gasteiger partial charge in [-0.1, -0.05) is 0 Å². The molecule has 1 amide bonds. The molecule has 2 rings (SSSR count). The van der Waals surface area contributed by atoms with Crippen LogP contribution < -0.4 is 0 Å². The second-order valence-corrected chi connectivity index (χ2v) is 5.15. The zero-order valence-electron chi connectivity index (χ0n) is 11.7. The van der Waals surface area contributed by atoms with Gasteiger partial charge < -0.3 is 14.2 Å². The molecule has 0 bridgehead atoms. The fraction of sp³-hybridized carbons (Fsp3) is 0.643. The Morgan fingerprint density at radius 3 is 2.39 bits per heavy atom. The predicted molar refractivity (Wildman–Crippen MR) is 71.0 cm³/mol. The van der Waals surface area contributed by atoms with Gasteiger partial charge in [-0.25, -0.2) is 0 Å². The molecule has 1 saturated heterocycles. The van der Waals surface area contributed by atoms with Gasteiger partial charge >= 0.3 is 0 Å². The van der Waals surface area contributed by atoms with E-state index in [0.717, 1.165) is 17.0 Å². The molecule has 1 aliphatic heterocycles. The van der Waals surface area contributed by atoms with E-state index in [1.165, 1.54) is 0 Å². The summed E-state index contributed by atoms with van der Waals surface area (Å²) >= 11 is 0. The van der Waals surface area contributed by atoms with Crippen molar-refractivity contribution in [2.24, 2.45) is 0 Å². The molecule has 4 heteroatoms. The van der Waals surface area contributed by atoms with Crippen molar-refractivity contribution in [2.45, 2.75) is 33.7 Å². The van der Waals surface area contributed by atoms with E-state index >= 15 is 0 Å². The van der Waals surface area contributed by atoms with Crippen LogP contribution in [-0.4, -0.2) is 41.7 Å². The molecule has 4 nitrogen and oxygen atoms in total. The number of carbonyl (C=O) groups is 1. The average molecular weight is 250 g/mol. The minimum Gasteiger partial charge on any atom is -0.378 e. The lowest BCUT2D eigenvalue weighted by atomic mass is 10.2. The van der Waals surface area contributed by atoms with Crippen molar-refractivity contribution in [3.63, 3.8) is 0 Å². The van der Waals surface area contributed by atoms with E-state index in [0.29, 0.717) is 32.3 Å². The predicted octanol–water partition coefficient (Wildman–Crippen LogP) is 2.16. The number of hydrogen-bond donors (Lipinski definition) is 0. The van der Waals surface area contributed by atoms with Crippen LogP contribution in [0.1, 0.15) is 41.6 Å². The normalized spacial score (nSPS) is 16.4. The lowest BCUT2D eigenvalue weighted by molar-refractivity contribution is 0.0302. The van der Waals surface area contributed by atoms with Gasteiger partial charge in [-0.05, 0) is 33.8 Å². The molecule has 1 aromatic rings. The number of aryl methyl sites for hydroxylation is 1. The van der Waals surface area contributed by atoms with Crippen LogP contribution >= 0.6 is 0 Å². The Labute approximate surface area is 109 Å². The maximum Gasteiger partial charge on any atom is 0.255 e. The molecule has 1 fully saturated rings. The third kappa shape index (κ3) is 2.29. The summed E-state index contributed by atoms with van der Waals surface area (Å²) < 4.78 is 7.50. The van der Waals surface area contributed by atoms with Gasteiger partial charge in [0.2, 0.25) is 0 Å². The second-order valence-electron chi connectivity index (χ2n) is 5.15. The van der Waals surface area contributed by atoms with E-state index in [1.54, 1.807) is 0 Å². The minimum absolute atomic E-state index is 0.137. The van der Waals surface area contributed by atoms with Crippen molar-refractivity contribution in [3.8, 4) is 0 Å². The van der Waals surface area contributed by atoms with Crippen LogP contribution in [0.2, 0.25) is 0 Å². The number of aromatic nitrogens is 1. The van der Waals surface area contributed by atoms with Crippen LogP contribution in [0.25, 0.3) is 0 Å². The van der Waals surface area contributed by atoms with E-state index in [-0.39, 0.29) is 5.91 Å². The van der Waals surface area contributed by atoms with E-state index in [1.807, 2.05) is 17.9 Å². The Bertz CT molecular complexity index is 443. The maximum absolute atomic E-state index is 12.5. The molecular formula is C14H22N2O2. The van der Waals surface area contributed by atoms with Crippen LogP contribution in [0.15, 0.2) is 6.07 Å². The first-order valence-electron chi connectivity index (χ1n) is 6.58. The maximum atomic E-state index is 12.5. The summed E-state index contributed by atoms with van der Waals surface area (Å²) in [5.74, 6) is 0.137. The lowest BCUT2D eigenvalue weighted by Gasteiger charge is -2.27. The van der Waals surface area contributed by atoms with Crippen molar-refractivity contribution in [1.29, 1.82) is 0 Å². The Morgan fingerprint density at radius 2 is 1.89 bits per heavy atom. The highest BCUT2D eigenvalue weighted by atomic mass is 16.5. The molecule has 0 unspecified atom stereocenters. The number of amides is 1. The summed E-state index contributed by atoms with van der Waals surface area (Å²) in [6.07, 6.45) is 0. The molecule has 2 heterocycles. The second kappa shape index (κ2) is 5.14. The first-order valence-corrected chi connectivity index (χ1v) is 6.58. The van der Waals surface area contributed by atoms with E-state index < -0.39 is 0 Å². The monoisotopic (exact) mass is 250 g/mol. The number of hydrogen-bond acceptors (Lipinski definition) is 2. The van der Waals surface area contributed by atoms with Gasteiger partial charge in [-0.3, -0.25) is 4.79 Å². The number of nitrogens with zero attached hydrogens (tertiary/aromatic N) is 2. The molecule has 0 radical (unpaired) electrons. The summed E-state index contributed by atoms with van der Waals surface area (Å²) in [6, 6.07) is 2.39. The molecule has 100 valence electrons. The van der Waals surface area contributed by atoms with Gasteiger partial charge in [-0.15, -0.1) is 0 Å². The molecule has 18 heavy (non-hydrogen) atoms. The van der Waals surface area contributed by atoms with Crippen molar-refractivity contribution in [1.82, 2.24) is 9.47 Å². The summed E-state index contributed by atoms with van der Waals surface area (Å²) in [7, 11) is 0. The van der Waals surface area contributed by atoms with E-state index in [4.69, 9.17) is 4.74 Å². The molecule has 0 saturated carbocycles. The first kappa shape index (κ1) is 13.1. The summed E-state index contributed by atoms with van der Waals surface area (Å²) in [6.45, 7) is 11.1. The highest BCUT2D eigenvalue weighted by molar-refractivity contribution is 5.95. The van der Waals surface area contributed by atoms with Crippen LogP contribution in [0, 0.1) is 13.8 Å². The summed E-state index contributed by atoms with van der Waals surface area (Å²) in [5.41, 5.74) is 3.06. The van der Waals surface area contributed by atoms with Crippen LogP contribution in [0.5, 0.6) is 0 Å². The molecule has 0 aromatic carbocycles. The van der Waals surface area contributed by atoms with Gasteiger partial charge in [0.15, 0.2) is 0 Å². The van der Waals surface area contributed by atoms with Crippen LogP contribution in [-0.2, 0) is 4.74 Å². The fourth-order valence-electron chi connectivity index (χ4n) is 2.73. The quantitative estimate of drug-likeness (QED) is 0.806. The largest absolute Gasteiger partial charge is 0.378 e. The molecule has 1 aliphatic rings. The van der Waals surface area contributed by atoms with E-state index in [2.05, 4.69) is 25.3 Å². The zero-order chi connectivity index (χ0) is 13.3. The molecular weight excluding hydrogens is 228 g/mol. The number of carbonyl (C=O) groups excluding carboxylic acids is 1. The first-order chi connectivity index (χ1) is 8.52. The van der Waals surface area contributed by atoms with Crippen LogP contribution in [0.4, 0.5) is 0 Å². The Morgan fingerprint density at radius 1 is 1.28 bits per heavy atom. The fourth-order valence-corrected chi connectivity index (χ4v) is 2.73. The molecule has 0 atom stereocenters. The standard InChI is InChI=1S/C14H22N2O2/c1-10(2)16-11(3)9-13(12(16)4)14(17)15-5-7-18-8-6-15/h9-10H,5-8H2,1-4H3. The molecule has 0 spiro atoms. The smallest absolute Gasteiger partial charge is 0.255 e. The highest BCUT2D eigenvalue weighted by Gasteiger charge is 2.23. The Kier molecular flexibility index (Phi) is 3.76. The van der Waals surface area contributed by atoms with Gasteiger partial charge in [0.05, 0.1) is 18.8 Å². The Balaban J connectivity index is 2.28. The number of morpholine rings is 1. The van der Waals surface area contributed by atoms with Gasteiger partial charge in [0.1, 0.15) is 0 Å². The number of rotatable bonds is 2. The SMILES string of the molecule is Cc1cc(C(=O)N2CCOCC2)c(C)n1C(C)C. The van der Waals surface area contributed by atoms with Gasteiger partial charge in [-0.2, -0.15) is 0 Å². The zero-order valence-corrected chi connectivity index (χ0v) is 11.7. The molecule has 1 aromatic heterocycles. The van der Waals surface area contributed by atoms with Crippen molar-refractivity contribution in [2.75, 3.05) is 26.3 Å². The van der Waals surface area contributed by atoms with Crippen molar-refractivity contribution in [3.05, 3.63) is 23.0 Å². The lowest BCUT2D eigenvalue weighted by Crippen LogP contribution is -2.40. The third-order valence-corrected chi connectivity index (χ3v) is 3.53. The van der Waals surface area contributed by atoms with Crippen LogP contribution in [0.3, 0.4) is 0 Å². The average Bonchev–Trinajstić information content (AvgIpc) is 2.65. The Hall–Kier alpha value is -1.29. The van der Waals surface area contributed by atoms with Gasteiger partial charge in [0.25, 0.3) is 5.91 Å². The molecule has 0 N–H and O–H groups in total. The van der Waals surface area contributed by atoms with Crippen molar-refractivity contribution < 1.29 is 9.53 Å². The van der Waals surface area contributed by atoms with E-state index in [9.17, 15) is 4.79 Å². The van der Waals surface area contributed by atoms with Crippen molar-refractivity contribution >= 4 is 5.91 Å². The minimum atomic E-state index is 0.137.